The molecule has 0 saturated carbocycles. The fraction of sp³-hybridized carbons (Fsp3) is 0.333. The summed E-state index contributed by atoms with van der Waals surface area (Å²) in [6.07, 6.45) is 0. The fourth-order valence-electron chi connectivity index (χ4n) is 2.78. The van der Waals surface area contributed by atoms with Crippen molar-refractivity contribution in [3.05, 3.63) is 63.7 Å². The third kappa shape index (κ3) is 6.94. The van der Waals surface area contributed by atoms with E-state index in [0.717, 1.165) is 16.8 Å². The van der Waals surface area contributed by atoms with Gasteiger partial charge in [-0.15, -0.1) is 0 Å². The molecule has 2 N–H and O–H groups in total. The molecule has 0 aromatic heterocycles. The summed E-state index contributed by atoms with van der Waals surface area (Å²) in [6, 6.07) is 11.2. The number of hydrogen-bond acceptors (Lipinski definition) is 6. The highest BCUT2D eigenvalue weighted by Crippen LogP contribution is 2.18. The van der Waals surface area contributed by atoms with Gasteiger partial charge in [-0.1, -0.05) is 12.1 Å². The topological polar surface area (TPSA) is 114 Å². The van der Waals surface area contributed by atoms with Gasteiger partial charge in [-0.25, -0.2) is 0 Å². The Morgan fingerprint density at radius 1 is 1.03 bits per heavy atom. The van der Waals surface area contributed by atoms with Crippen LogP contribution in [0.4, 0.5) is 17.1 Å². The Morgan fingerprint density at radius 3 is 2.27 bits per heavy atom. The monoisotopic (exact) mass is 414 g/mol. The van der Waals surface area contributed by atoms with Crippen LogP contribution in [-0.2, 0) is 14.3 Å². The van der Waals surface area contributed by atoms with Gasteiger partial charge in [0.05, 0.1) is 24.6 Å². The lowest BCUT2D eigenvalue weighted by atomic mass is 10.1. The van der Waals surface area contributed by atoms with Crippen LogP contribution in [0.25, 0.3) is 0 Å². The minimum absolute atomic E-state index is 0.0183. The van der Waals surface area contributed by atoms with Crippen molar-refractivity contribution < 1.29 is 19.2 Å². The summed E-state index contributed by atoms with van der Waals surface area (Å²) in [4.78, 5) is 36.8. The van der Waals surface area contributed by atoms with Gasteiger partial charge >= 0.3 is 0 Å². The molecule has 0 radical (unpaired) electrons. The van der Waals surface area contributed by atoms with Crippen molar-refractivity contribution in [2.75, 3.05) is 44.0 Å². The van der Waals surface area contributed by atoms with Gasteiger partial charge in [-0.3, -0.25) is 24.6 Å². The first kappa shape index (κ1) is 23.0. The number of ether oxygens (including phenoxy) is 1. The highest BCUT2D eigenvalue weighted by atomic mass is 16.6. The Bertz CT molecular complexity index is 899. The standard InChI is InChI=1S/C21H26N4O5/c1-15-5-4-6-19(16(15)2)23-21(27)14-24(11-12-30-3)13-20(26)22-17-7-9-18(10-8-17)25(28)29/h4-10H,11-14H2,1-3H3,(H,22,26)(H,23,27). The molecule has 9 heteroatoms. The second-order valence-electron chi connectivity index (χ2n) is 6.85. The molecular weight excluding hydrogens is 388 g/mol. The SMILES string of the molecule is COCCN(CC(=O)Nc1ccc([N+](=O)[O-])cc1)CC(=O)Nc1cccc(C)c1C. The minimum atomic E-state index is -0.507. The second kappa shape index (κ2) is 11.0. The van der Waals surface area contributed by atoms with E-state index < -0.39 is 4.92 Å². The van der Waals surface area contributed by atoms with Gasteiger partial charge in [0.25, 0.3) is 5.69 Å². The van der Waals surface area contributed by atoms with Gasteiger partial charge < -0.3 is 15.4 Å². The first-order valence-corrected chi connectivity index (χ1v) is 9.42. The van der Waals surface area contributed by atoms with Crippen LogP contribution in [0, 0.1) is 24.0 Å². The maximum atomic E-state index is 12.5. The molecule has 2 aromatic rings. The third-order valence-electron chi connectivity index (χ3n) is 4.59. The number of methoxy groups -OCH3 is 1. The number of benzene rings is 2. The zero-order chi connectivity index (χ0) is 22.1. The number of anilines is 2. The maximum absolute atomic E-state index is 12.5. The quantitative estimate of drug-likeness (QED) is 0.456. The van der Waals surface area contributed by atoms with Crippen molar-refractivity contribution in [2.45, 2.75) is 13.8 Å². The number of carbonyl (C=O) groups is 2. The number of carbonyl (C=O) groups excluding carboxylic acids is 2. The lowest BCUT2D eigenvalue weighted by Gasteiger charge is -2.21. The lowest BCUT2D eigenvalue weighted by Crippen LogP contribution is -2.40. The summed E-state index contributed by atoms with van der Waals surface area (Å²) in [5.41, 5.74) is 3.19. The summed E-state index contributed by atoms with van der Waals surface area (Å²) in [7, 11) is 1.55. The Kier molecular flexibility index (Phi) is 8.45. The van der Waals surface area contributed by atoms with Crippen LogP contribution in [0.15, 0.2) is 42.5 Å². The van der Waals surface area contributed by atoms with Gasteiger partial charge in [0.2, 0.25) is 11.8 Å². The summed E-state index contributed by atoms with van der Waals surface area (Å²) in [5.74, 6) is -0.567. The summed E-state index contributed by atoms with van der Waals surface area (Å²) < 4.78 is 5.07. The van der Waals surface area contributed by atoms with Gasteiger partial charge in [0, 0.05) is 37.2 Å². The molecule has 0 aliphatic rings. The minimum Gasteiger partial charge on any atom is -0.383 e. The highest BCUT2D eigenvalue weighted by Gasteiger charge is 2.16. The van der Waals surface area contributed by atoms with Crippen LogP contribution in [0.5, 0.6) is 0 Å². The van der Waals surface area contributed by atoms with Crippen molar-refractivity contribution >= 4 is 28.9 Å². The molecule has 0 bridgehead atoms. The third-order valence-corrected chi connectivity index (χ3v) is 4.59. The smallest absolute Gasteiger partial charge is 0.269 e. The average molecular weight is 414 g/mol. The maximum Gasteiger partial charge on any atom is 0.269 e. The van der Waals surface area contributed by atoms with E-state index in [2.05, 4.69) is 10.6 Å². The van der Waals surface area contributed by atoms with Gasteiger partial charge in [-0.2, -0.15) is 0 Å². The summed E-state index contributed by atoms with van der Waals surface area (Å²) in [5, 5.41) is 16.3. The molecule has 30 heavy (non-hydrogen) atoms. The molecule has 160 valence electrons. The summed E-state index contributed by atoms with van der Waals surface area (Å²) in [6.45, 7) is 4.65. The molecule has 0 unspecified atom stereocenters. The zero-order valence-electron chi connectivity index (χ0n) is 17.3. The predicted molar refractivity (Wildman–Crippen MR) is 115 cm³/mol. The van der Waals surface area contributed by atoms with E-state index in [4.69, 9.17) is 4.74 Å². The molecular formula is C21H26N4O5. The molecule has 0 fully saturated rings. The van der Waals surface area contributed by atoms with E-state index in [9.17, 15) is 19.7 Å². The van der Waals surface area contributed by atoms with Crippen LogP contribution in [0.1, 0.15) is 11.1 Å². The van der Waals surface area contributed by atoms with Crippen LogP contribution < -0.4 is 10.6 Å². The average Bonchev–Trinajstić information content (AvgIpc) is 2.70. The van der Waals surface area contributed by atoms with E-state index in [1.54, 1.807) is 12.0 Å². The Balaban J connectivity index is 1.96. The molecule has 2 aromatic carbocycles. The molecule has 9 nitrogen and oxygen atoms in total. The van der Waals surface area contributed by atoms with Crippen LogP contribution in [-0.4, -0.2) is 55.0 Å². The molecule has 2 amide bonds. The Morgan fingerprint density at radius 2 is 1.67 bits per heavy atom. The molecule has 0 saturated heterocycles. The lowest BCUT2D eigenvalue weighted by molar-refractivity contribution is -0.384. The van der Waals surface area contributed by atoms with Crippen LogP contribution in [0.2, 0.25) is 0 Å². The van der Waals surface area contributed by atoms with E-state index in [-0.39, 0.29) is 30.6 Å². The van der Waals surface area contributed by atoms with Crippen molar-refractivity contribution in [1.29, 1.82) is 0 Å². The highest BCUT2D eigenvalue weighted by molar-refractivity contribution is 5.95. The van der Waals surface area contributed by atoms with E-state index in [1.165, 1.54) is 24.3 Å². The molecule has 0 atom stereocenters. The number of amides is 2. The van der Waals surface area contributed by atoms with E-state index in [0.29, 0.717) is 18.8 Å². The number of hydrogen-bond donors (Lipinski definition) is 2. The van der Waals surface area contributed by atoms with Crippen molar-refractivity contribution in [3.63, 3.8) is 0 Å². The number of aryl methyl sites for hydroxylation is 1. The van der Waals surface area contributed by atoms with Crippen molar-refractivity contribution in [2.24, 2.45) is 0 Å². The predicted octanol–water partition coefficient (Wildman–Crippen LogP) is 2.74. The molecule has 2 rings (SSSR count). The van der Waals surface area contributed by atoms with Crippen LogP contribution >= 0.6 is 0 Å². The summed E-state index contributed by atoms with van der Waals surface area (Å²) >= 11 is 0. The molecule has 0 spiro atoms. The first-order chi connectivity index (χ1) is 14.3. The van der Waals surface area contributed by atoms with Crippen LogP contribution in [0.3, 0.4) is 0 Å². The zero-order valence-corrected chi connectivity index (χ0v) is 17.3. The first-order valence-electron chi connectivity index (χ1n) is 9.42. The van der Waals surface area contributed by atoms with E-state index >= 15 is 0 Å². The normalized spacial score (nSPS) is 10.7. The van der Waals surface area contributed by atoms with Crippen molar-refractivity contribution in [3.8, 4) is 0 Å². The Hall–Kier alpha value is -3.30. The van der Waals surface area contributed by atoms with E-state index in [1.807, 2.05) is 32.0 Å². The number of rotatable bonds is 10. The number of nitrogens with zero attached hydrogens (tertiary/aromatic N) is 2. The molecule has 0 heterocycles. The fourth-order valence-corrected chi connectivity index (χ4v) is 2.78. The van der Waals surface area contributed by atoms with Gasteiger partial charge in [0.15, 0.2) is 0 Å². The number of nitrogens with one attached hydrogen (secondary N) is 2. The Labute approximate surface area is 175 Å². The second-order valence-corrected chi connectivity index (χ2v) is 6.85. The molecule has 0 aliphatic heterocycles. The van der Waals surface area contributed by atoms with Gasteiger partial charge in [0.1, 0.15) is 0 Å². The van der Waals surface area contributed by atoms with Gasteiger partial charge in [-0.05, 0) is 43.2 Å². The number of non-ortho nitro benzene ring substituents is 1. The molecule has 0 aliphatic carbocycles. The van der Waals surface area contributed by atoms with Crippen molar-refractivity contribution in [1.82, 2.24) is 4.90 Å². The number of nitro benzene ring substituents is 1. The largest absolute Gasteiger partial charge is 0.383 e. The number of nitro groups is 1.